The van der Waals surface area contributed by atoms with Crippen LogP contribution in [0.3, 0.4) is 0 Å². The Balaban J connectivity index is 2.80. The quantitative estimate of drug-likeness (QED) is 0.479. The van der Waals surface area contributed by atoms with Crippen LogP contribution in [0.4, 0.5) is 0 Å². The summed E-state index contributed by atoms with van der Waals surface area (Å²) >= 11 is 0. The summed E-state index contributed by atoms with van der Waals surface area (Å²) in [5.41, 5.74) is 2.85. The molecule has 0 amide bonds. The smallest absolute Gasteiger partial charge is 0.306 e. The molecule has 22 heavy (non-hydrogen) atoms. The summed E-state index contributed by atoms with van der Waals surface area (Å²) in [5, 5.41) is 0. The molecule has 0 spiro atoms. The number of allylic oxidation sites excluding steroid dienone is 6. The first-order valence-corrected chi connectivity index (χ1v) is 8.51. The van der Waals surface area contributed by atoms with Gasteiger partial charge in [0.25, 0.3) is 0 Å². The molecule has 0 saturated heterocycles. The van der Waals surface area contributed by atoms with Crippen molar-refractivity contribution in [1.29, 1.82) is 0 Å². The van der Waals surface area contributed by atoms with Crippen molar-refractivity contribution in [1.82, 2.24) is 0 Å². The minimum atomic E-state index is -0.118. The maximum atomic E-state index is 11.7. The third kappa shape index (κ3) is 7.63. The van der Waals surface area contributed by atoms with Crippen molar-refractivity contribution >= 4 is 5.97 Å². The highest BCUT2D eigenvalue weighted by atomic mass is 16.5. The number of hydrogen-bond donors (Lipinski definition) is 0. The van der Waals surface area contributed by atoms with Gasteiger partial charge in [0.1, 0.15) is 0 Å². The van der Waals surface area contributed by atoms with Gasteiger partial charge in [-0.2, -0.15) is 0 Å². The number of methoxy groups -OCH3 is 1. The molecule has 0 aromatic heterocycles. The fourth-order valence-electron chi connectivity index (χ4n) is 2.90. The van der Waals surface area contributed by atoms with E-state index in [-0.39, 0.29) is 11.4 Å². The lowest BCUT2D eigenvalue weighted by Gasteiger charge is -2.24. The minimum Gasteiger partial charge on any atom is -0.469 e. The number of hydrogen-bond acceptors (Lipinski definition) is 2. The summed E-state index contributed by atoms with van der Waals surface area (Å²) in [6.07, 6.45) is 17.4. The Bertz CT molecular complexity index is 443. The Kier molecular flexibility index (Phi) is 8.22. The highest BCUT2D eigenvalue weighted by Crippen LogP contribution is 2.31. The molecule has 0 aliphatic heterocycles. The van der Waals surface area contributed by atoms with Crippen molar-refractivity contribution < 1.29 is 9.53 Å². The predicted octanol–water partition coefficient (Wildman–Crippen LogP) is 5.75. The first-order valence-electron chi connectivity index (χ1n) is 8.51. The van der Waals surface area contributed by atoms with Gasteiger partial charge in [-0.15, -0.1) is 0 Å². The largest absolute Gasteiger partial charge is 0.469 e. The molecular formula is C20H32O2. The second kappa shape index (κ2) is 9.66. The molecule has 0 fully saturated rings. The monoisotopic (exact) mass is 304 g/mol. The highest BCUT2D eigenvalue weighted by molar-refractivity contribution is 5.70. The lowest BCUT2D eigenvalue weighted by atomic mass is 9.81. The Morgan fingerprint density at radius 2 is 1.82 bits per heavy atom. The predicted molar refractivity (Wildman–Crippen MR) is 93.7 cm³/mol. The Hall–Kier alpha value is -1.31. The maximum Gasteiger partial charge on any atom is 0.306 e. The fourth-order valence-corrected chi connectivity index (χ4v) is 2.90. The summed E-state index contributed by atoms with van der Waals surface area (Å²) in [6.45, 7) is 6.61. The van der Waals surface area contributed by atoms with E-state index < -0.39 is 0 Å². The van der Waals surface area contributed by atoms with E-state index in [0.29, 0.717) is 6.42 Å². The Labute approximate surface area is 136 Å². The van der Waals surface area contributed by atoms with Gasteiger partial charge < -0.3 is 4.74 Å². The number of ether oxygens (including phenoxy) is 1. The van der Waals surface area contributed by atoms with Gasteiger partial charge >= 0.3 is 5.97 Å². The van der Waals surface area contributed by atoms with Crippen LogP contribution in [0.2, 0.25) is 0 Å². The fraction of sp³-hybridized carbons (Fsp3) is 0.650. The van der Waals surface area contributed by atoms with Crippen LogP contribution >= 0.6 is 0 Å². The van der Waals surface area contributed by atoms with Crippen molar-refractivity contribution in [3.63, 3.8) is 0 Å². The van der Waals surface area contributed by atoms with E-state index in [9.17, 15) is 4.79 Å². The van der Waals surface area contributed by atoms with Gasteiger partial charge in [0.15, 0.2) is 0 Å². The van der Waals surface area contributed by atoms with Crippen LogP contribution in [0, 0.1) is 5.41 Å². The first kappa shape index (κ1) is 18.7. The van der Waals surface area contributed by atoms with Crippen molar-refractivity contribution in [2.45, 2.75) is 72.1 Å². The molecule has 0 aromatic carbocycles. The van der Waals surface area contributed by atoms with Crippen molar-refractivity contribution in [3.05, 3.63) is 35.5 Å². The van der Waals surface area contributed by atoms with Gasteiger partial charge in [-0.25, -0.2) is 0 Å². The number of carbonyl (C=O) groups excluding carboxylic acids is 1. The van der Waals surface area contributed by atoms with Gasteiger partial charge in [0.05, 0.1) is 13.5 Å². The van der Waals surface area contributed by atoms with Gasteiger partial charge in [-0.1, -0.05) is 42.4 Å². The van der Waals surface area contributed by atoms with Crippen LogP contribution in [0.5, 0.6) is 0 Å². The zero-order chi connectivity index (χ0) is 16.4. The molecule has 0 saturated carbocycles. The van der Waals surface area contributed by atoms with Crippen molar-refractivity contribution in [3.8, 4) is 0 Å². The van der Waals surface area contributed by atoms with Crippen molar-refractivity contribution in [2.75, 3.05) is 7.11 Å². The average molecular weight is 304 g/mol. The Morgan fingerprint density at radius 1 is 1.14 bits per heavy atom. The van der Waals surface area contributed by atoms with E-state index in [4.69, 9.17) is 4.74 Å². The second-order valence-electron chi connectivity index (χ2n) is 6.88. The summed E-state index contributed by atoms with van der Waals surface area (Å²) in [5.74, 6) is -0.118. The number of rotatable bonds is 2. The third-order valence-electron chi connectivity index (χ3n) is 4.48. The zero-order valence-corrected chi connectivity index (χ0v) is 14.8. The third-order valence-corrected chi connectivity index (χ3v) is 4.48. The molecule has 124 valence electrons. The standard InChI is InChI=1S/C20H32O2/c1-17-10-6-5-7-14-20(3,16-19(21)22-4)15-9-13-18(2)12-8-11-17/h7,11,13-14H,5-6,8-10,12,15-16H2,1-4H3/b14-7?,17-11+,18-13+. The average Bonchev–Trinajstić information content (AvgIpc) is 2.46. The van der Waals surface area contributed by atoms with Gasteiger partial charge in [-0.05, 0) is 64.2 Å². The summed E-state index contributed by atoms with van der Waals surface area (Å²) < 4.78 is 4.87. The molecule has 1 rings (SSSR count). The molecule has 2 heteroatoms. The molecular weight excluding hydrogens is 272 g/mol. The molecule has 1 aliphatic rings. The van der Waals surface area contributed by atoms with Crippen LogP contribution in [-0.2, 0) is 9.53 Å². The molecule has 0 heterocycles. The second-order valence-corrected chi connectivity index (χ2v) is 6.88. The molecule has 2 nitrogen and oxygen atoms in total. The molecule has 1 atom stereocenters. The Morgan fingerprint density at radius 3 is 2.55 bits per heavy atom. The molecule has 1 aliphatic carbocycles. The van der Waals surface area contributed by atoms with E-state index >= 15 is 0 Å². The van der Waals surface area contributed by atoms with Crippen molar-refractivity contribution in [2.24, 2.45) is 5.41 Å². The van der Waals surface area contributed by atoms with Crippen LogP contribution in [-0.4, -0.2) is 13.1 Å². The molecule has 0 aromatic rings. The SMILES string of the molecule is COC(=O)CC1(C)C=CCCC/C(C)=C/CC/C(C)=C/CC1. The van der Waals surface area contributed by atoms with Crippen LogP contribution < -0.4 is 0 Å². The van der Waals surface area contributed by atoms with E-state index in [0.717, 1.165) is 32.1 Å². The van der Waals surface area contributed by atoms with E-state index in [1.807, 2.05) is 0 Å². The first-order chi connectivity index (χ1) is 10.4. The lowest BCUT2D eigenvalue weighted by Crippen LogP contribution is -2.19. The molecule has 1 unspecified atom stereocenters. The summed E-state index contributed by atoms with van der Waals surface area (Å²) in [6, 6.07) is 0. The highest BCUT2D eigenvalue weighted by Gasteiger charge is 2.24. The summed E-state index contributed by atoms with van der Waals surface area (Å²) in [4.78, 5) is 11.7. The maximum absolute atomic E-state index is 11.7. The minimum absolute atomic E-state index is 0.0983. The van der Waals surface area contributed by atoms with E-state index in [1.54, 1.807) is 0 Å². The number of esters is 1. The zero-order valence-electron chi connectivity index (χ0n) is 14.8. The van der Waals surface area contributed by atoms with Gasteiger partial charge in [-0.3, -0.25) is 4.79 Å². The van der Waals surface area contributed by atoms with Crippen LogP contribution in [0.1, 0.15) is 72.1 Å². The van der Waals surface area contributed by atoms with Crippen LogP contribution in [0.15, 0.2) is 35.5 Å². The van der Waals surface area contributed by atoms with Crippen LogP contribution in [0.25, 0.3) is 0 Å². The van der Waals surface area contributed by atoms with Gasteiger partial charge in [0.2, 0.25) is 0 Å². The van der Waals surface area contributed by atoms with E-state index in [1.165, 1.54) is 31.1 Å². The molecule has 0 radical (unpaired) electrons. The summed E-state index contributed by atoms with van der Waals surface area (Å²) in [7, 11) is 1.47. The number of carbonyl (C=O) groups is 1. The topological polar surface area (TPSA) is 26.3 Å². The molecule has 0 bridgehead atoms. The molecule has 0 N–H and O–H groups in total. The van der Waals surface area contributed by atoms with E-state index in [2.05, 4.69) is 45.1 Å². The van der Waals surface area contributed by atoms with Gasteiger partial charge in [0, 0.05) is 0 Å². The normalized spacial score (nSPS) is 29.6. The lowest BCUT2D eigenvalue weighted by molar-refractivity contribution is -0.142.